The zero-order valence-corrected chi connectivity index (χ0v) is 17.3. The second kappa shape index (κ2) is 8.19. The number of carboxylic acids is 1. The Morgan fingerprint density at radius 3 is 2.63 bits per heavy atom. The molecule has 0 bridgehead atoms. The van der Waals surface area contributed by atoms with Crippen molar-refractivity contribution in [3.63, 3.8) is 0 Å². The van der Waals surface area contributed by atoms with E-state index in [1.54, 1.807) is 36.4 Å². The molecule has 156 valence electrons. The third-order valence-electron chi connectivity index (χ3n) is 4.80. The highest BCUT2D eigenvalue weighted by Gasteiger charge is 2.30. The molecule has 30 heavy (non-hydrogen) atoms. The first-order valence-electron chi connectivity index (χ1n) is 9.13. The van der Waals surface area contributed by atoms with Crippen LogP contribution in [-0.4, -0.2) is 55.1 Å². The Bertz CT molecular complexity index is 1230. The number of para-hydroxylation sites is 1. The molecule has 4 rings (SSSR count). The van der Waals surface area contributed by atoms with Gasteiger partial charge in [0, 0.05) is 29.7 Å². The van der Waals surface area contributed by atoms with Gasteiger partial charge in [-0.2, -0.15) is 4.31 Å². The molecule has 0 aliphatic carbocycles. The first-order chi connectivity index (χ1) is 14.4. The van der Waals surface area contributed by atoms with Crippen molar-refractivity contribution in [3.05, 3.63) is 59.2 Å². The molecule has 8 nitrogen and oxygen atoms in total. The van der Waals surface area contributed by atoms with E-state index in [-0.39, 0.29) is 34.9 Å². The summed E-state index contributed by atoms with van der Waals surface area (Å²) < 4.78 is 33.4. The first kappa shape index (κ1) is 20.5. The van der Waals surface area contributed by atoms with Gasteiger partial charge < -0.3 is 15.2 Å². The van der Waals surface area contributed by atoms with E-state index in [0.29, 0.717) is 29.1 Å². The molecule has 1 aromatic heterocycles. The Balaban J connectivity index is 1.93. The van der Waals surface area contributed by atoms with Crippen LogP contribution in [0, 0.1) is 0 Å². The molecule has 0 amide bonds. The lowest BCUT2D eigenvalue weighted by Crippen LogP contribution is -2.40. The highest BCUT2D eigenvalue weighted by molar-refractivity contribution is 7.89. The molecule has 1 aliphatic heterocycles. The number of aromatic nitrogens is 1. The Labute approximate surface area is 178 Å². The number of anilines is 2. The summed E-state index contributed by atoms with van der Waals surface area (Å²) in [5, 5.41) is 13.4. The molecule has 2 heterocycles. The smallest absolute Gasteiger partial charge is 0.337 e. The minimum absolute atomic E-state index is 0.0132. The van der Waals surface area contributed by atoms with Crippen LogP contribution in [0.3, 0.4) is 0 Å². The lowest BCUT2D eigenvalue weighted by Gasteiger charge is -2.27. The molecule has 1 fully saturated rings. The fraction of sp³-hybridized carbons (Fsp3) is 0.200. The van der Waals surface area contributed by atoms with Crippen LogP contribution in [-0.2, 0) is 14.8 Å². The van der Waals surface area contributed by atoms with Crippen LogP contribution >= 0.6 is 11.6 Å². The van der Waals surface area contributed by atoms with Gasteiger partial charge in [-0.15, -0.1) is 0 Å². The average Bonchev–Trinajstić information content (AvgIpc) is 2.75. The normalized spacial score (nSPS) is 15.2. The van der Waals surface area contributed by atoms with E-state index in [2.05, 4.69) is 10.3 Å². The van der Waals surface area contributed by atoms with Crippen LogP contribution in [0.15, 0.2) is 53.6 Å². The minimum Gasteiger partial charge on any atom is -0.478 e. The molecule has 1 saturated heterocycles. The molecular weight excluding hydrogens is 430 g/mol. The van der Waals surface area contributed by atoms with Crippen molar-refractivity contribution < 1.29 is 23.1 Å². The first-order valence-corrected chi connectivity index (χ1v) is 11.0. The zero-order valence-electron chi connectivity index (χ0n) is 15.7. The number of benzene rings is 2. The predicted octanol–water partition coefficient (Wildman–Crippen LogP) is 3.35. The number of morpholine rings is 1. The lowest BCUT2D eigenvalue weighted by atomic mass is 10.1. The number of hydrogen-bond donors (Lipinski definition) is 2. The molecule has 0 spiro atoms. The molecule has 0 unspecified atom stereocenters. The topological polar surface area (TPSA) is 109 Å². The van der Waals surface area contributed by atoms with Gasteiger partial charge in [0.15, 0.2) is 0 Å². The highest BCUT2D eigenvalue weighted by atomic mass is 35.5. The number of carboxylic acid groups (broad SMARTS) is 1. The number of aromatic carboxylic acids is 1. The van der Waals surface area contributed by atoms with Crippen molar-refractivity contribution in [2.24, 2.45) is 0 Å². The average molecular weight is 448 g/mol. The fourth-order valence-corrected chi connectivity index (χ4v) is 5.00. The maximum Gasteiger partial charge on any atom is 0.337 e. The van der Waals surface area contributed by atoms with Crippen molar-refractivity contribution in [3.8, 4) is 0 Å². The van der Waals surface area contributed by atoms with E-state index in [9.17, 15) is 18.3 Å². The van der Waals surface area contributed by atoms with Crippen LogP contribution in [0.1, 0.15) is 10.4 Å². The summed E-state index contributed by atoms with van der Waals surface area (Å²) in [4.78, 5) is 15.9. The number of carbonyl (C=O) groups is 1. The van der Waals surface area contributed by atoms with E-state index in [0.717, 1.165) is 0 Å². The summed E-state index contributed by atoms with van der Waals surface area (Å²) in [6.45, 7) is 1.05. The summed E-state index contributed by atoms with van der Waals surface area (Å²) in [7, 11) is -3.91. The summed E-state index contributed by atoms with van der Waals surface area (Å²) >= 11 is 6.16. The molecule has 0 atom stereocenters. The monoisotopic (exact) mass is 447 g/mol. The molecule has 3 aromatic rings. The van der Waals surface area contributed by atoms with Crippen LogP contribution in [0.4, 0.5) is 11.4 Å². The predicted molar refractivity (Wildman–Crippen MR) is 113 cm³/mol. The summed E-state index contributed by atoms with van der Waals surface area (Å²) in [5.74, 6) is -1.13. The van der Waals surface area contributed by atoms with Gasteiger partial charge in [0.25, 0.3) is 0 Å². The third-order valence-corrected chi connectivity index (χ3v) is 6.95. The van der Waals surface area contributed by atoms with Crippen molar-refractivity contribution in [2.75, 3.05) is 31.6 Å². The van der Waals surface area contributed by atoms with Crippen molar-refractivity contribution >= 4 is 49.9 Å². The quantitative estimate of drug-likeness (QED) is 0.617. The number of halogens is 1. The number of hydrogen-bond acceptors (Lipinski definition) is 6. The third kappa shape index (κ3) is 3.84. The van der Waals surface area contributed by atoms with Gasteiger partial charge in [0.05, 0.1) is 35.7 Å². The number of pyridine rings is 1. The molecule has 0 saturated carbocycles. The van der Waals surface area contributed by atoms with Gasteiger partial charge >= 0.3 is 5.97 Å². The van der Waals surface area contributed by atoms with Gasteiger partial charge in [-0.25, -0.2) is 13.2 Å². The van der Waals surface area contributed by atoms with E-state index in [1.165, 1.54) is 16.6 Å². The van der Waals surface area contributed by atoms with Crippen LogP contribution in [0.25, 0.3) is 10.9 Å². The molecule has 2 N–H and O–H groups in total. The second-order valence-corrected chi connectivity index (χ2v) is 8.99. The van der Waals surface area contributed by atoms with Crippen molar-refractivity contribution in [1.82, 2.24) is 9.29 Å². The second-order valence-electron chi connectivity index (χ2n) is 6.65. The molecule has 2 aromatic carbocycles. The Hall–Kier alpha value is -2.72. The number of rotatable bonds is 5. The van der Waals surface area contributed by atoms with E-state index >= 15 is 0 Å². The van der Waals surface area contributed by atoms with Gasteiger partial charge in [0.2, 0.25) is 10.0 Å². The SMILES string of the molecule is O=C(O)c1ccccc1Nc1c(S(=O)(=O)N2CCOCC2)cnc2ccc(Cl)cc12. The summed E-state index contributed by atoms with van der Waals surface area (Å²) in [6, 6.07) is 11.2. The molecule has 0 radical (unpaired) electrons. The number of sulfonamides is 1. The van der Waals surface area contributed by atoms with Gasteiger partial charge in [-0.3, -0.25) is 4.98 Å². The van der Waals surface area contributed by atoms with Gasteiger partial charge in [-0.1, -0.05) is 23.7 Å². The largest absolute Gasteiger partial charge is 0.478 e. The van der Waals surface area contributed by atoms with Crippen molar-refractivity contribution in [2.45, 2.75) is 4.90 Å². The van der Waals surface area contributed by atoms with E-state index in [1.807, 2.05) is 0 Å². The number of ether oxygens (including phenoxy) is 1. The van der Waals surface area contributed by atoms with Gasteiger partial charge in [-0.05, 0) is 30.3 Å². The molecular formula is C20H18ClN3O5S. The lowest BCUT2D eigenvalue weighted by molar-refractivity contribution is 0.0698. The Morgan fingerprint density at radius 1 is 1.17 bits per heavy atom. The minimum atomic E-state index is -3.91. The van der Waals surface area contributed by atoms with Crippen molar-refractivity contribution in [1.29, 1.82) is 0 Å². The summed E-state index contributed by atoms with van der Waals surface area (Å²) in [5.41, 5.74) is 1.02. The number of fused-ring (bicyclic) bond motifs is 1. The molecule has 10 heteroatoms. The standard InChI is InChI=1S/C20H18ClN3O5S/c21-13-5-6-16-15(11-13)19(23-17-4-2-1-3-14(17)20(25)26)18(12-22-16)30(27,28)24-7-9-29-10-8-24/h1-6,11-12H,7-10H2,(H,22,23)(H,25,26). The Morgan fingerprint density at radius 2 is 1.90 bits per heavy atom. The maximum atomic E-state index is 13.4. The van der Waals surface area contributed by atoms with E-state index < -0.39 is 16.0 Å². The van der Waals surface area contributed by atoms with Gasteiger partial charge in [0.1, 0.15) is 4.90 Å². The van der Waals surface area contributed by atoms with Crippen LogP contribution < -0.4 is 5.32 Å². The summed E-state index contributed by atoms with van der Waals surface area (Å²) in [6.07, 6.45) is 1.28. The maximum absolute atomic E-state index is 13.4. The highest BCUT2D eigenvalue weighted by Crippen LogP contribution is 2.35. The zero-order chi connectivity index (χ0) is 21.3. The number of nitrogens with one attached hydrogen (secondary N) is 1. The van der Waals surface area contributed by atoms with Crippen LogP contribution in [0.2, 0.25) is 5.02 Å². The Kier molecular flexibility index (Phi) is 5.61. The van der Waals surface area contributed by atoms with Crippen LogP contribution in [0.5, 0.6) is 0 Å². The molecule has 1 aliphatic rings. The van der Waals surface area contributed by atoms with E-state index in [4.69, 9.17) is 16.3 Å². The number of nitrogens with zero attached hydrogens (tertiary/aromatic N) is 2. The fourth-order valence-electron chi connectivity index (χ4n) is 3.31.